The number of carbonyl (C=O) groups excluding carboxylic acids is 2. The zero-order valence-electron chi connectivity index (χ0n) is 13.7. The van der Waals surface area contributed by atoms with Gasteiger partial charge in [0.25, 0.3) is 0 Å². The first-order valence-electron chi connectivity index (χ1n) is 7.20. The molecule has 0 saturated carbocycles. The van der Waals surface area contributed by atoms with E-state index in [4.69, 9.17) is 5.21 Å². The molecule has 26 heavy (non-hydrogen) atoms. The molecule has 1 fully saturated rings. The number of rotatable bonds is 3. The first-order chi connectivity index (χ1) is 12.2. The summed E-state index contributed by atoms with van der Waals surface area (Å²) >= 11 is 0. The minimum absolute atomic E-state index is 0.0160. The van der Waals surface area contributed by atoms with Crippen LogP contribution in [0.4, 0.5) is 19.3 Å². The number of ether oxygens (including phenoxy) is 1. The minimum Gasteiger partial charge on any atom is -0.453 e. The van der Waals surface area contributed by atoms with Gasteiger partial charge in [0, 0.05) is 13.1 Å². The van der Waals surface area contributed by atoms with Crippen LogP contribution in [0.3, 0.4) is 0 Å². The molecular formula is C14H14F2N4O6. The quantitative estimate of drug-likeness (QED) is 0.269. The van der Waals surface area contributed by atoms with Gasteiger partial charge in [-0.2, -0.15) is 4.39 Å². The lowest BCUT2D eigenvalue weighted by molar-refractivity contribution is -0.388. The normalized spacial score (nSPS) is 14.6. The number of likely N-dealkylation sites (tertiary alicyclic amines) is 1. The van der Waals surface area contributed by atoms with Crippen LogP contribution in [0.15, 0.2) is 11.2 Å². The van der Waals surface area contributed by atoms with Crippen molar-refractivity contribution in [1.82, 2.24) is 10.2 Å². The largest absolute Gasteiger partial charge is 0.453 e. The van der Waals surface area contributed by atoms with Crippen LogP contribution in [-0.4, -0.2) is 53.1 Å². The molecule has 0 atom stereocenters. The maximum atomic E-state index is 14.3. The van der Waals surface area contributed by atoms with E-state index in [1.807, 2.05) is 0 Å². The van der Waals surface area contributed by atoms with Crippen LogP contribution in [-0.2, 0) is 9.53 Å². The Labute approximate surface area is 145 Å². The van der Waals surface area contributed by atoms with Crippen molar-refractivity contribution in [3.63, 3.8) is 0 Å². The molecule has 0 aromatic heterocycles. The number of oxime groups is 1. The topological polar surface area (TPSA) is 134 Å². The van der Waals surface area contributed by atoms with Crippen LogP contribution in [0, 0.1) is 34.6 Å². The van der Waals surface area contributed by atoms with Crippen molar-refractivity contribution in [2.24, 2.45) is 11.1 Å². The summed E-state index contributed by atoms with van der Waals surface area (Å²) in [5.74, 6) is -4.78. The van der Waals surface area contributed by atoms with Crippen molar-refractivity contribution in [2.45, 2.75) is 6.92 Å². The lowest BCUT2D eigenvalue weighted by Crippen LogP contribution is -2.56. The predicted octanol–water partition coefficient (Wildman–Crippen LogP) is 1.13. The number of methoxy groups -OCH3 is 1. The third-order valence-corrected chi connectivity index (χ3v) is 3.89. The van der Waals surface area contributed by atoms with Crippen molar-refractivity contribution in [1.29, 1.82) is 0 Å². The summed E-state index contributed by atoms with van der Waals surface area (Å²) in [6, 6.07) is 0.578. The number of nitro benzene ring substituents is 1. The number of halogens is 2. The number of carbonyl (C=O) groups is 2. The molecule has 1 aromatic carbocycles. The van der Waals surface area contributed by atoms with Gasteiger partial charge < -0.3 is 20.2 Å². The highest BCUT2D eigenvalue weighted by Crippen LogP contribution is 2.28. The van der Waals surface area contributed by atoms with Gasteiger partial charge >= 0.3 is 11.8 Å². The third-order valence-electron chi connectivity index (χ3n) is 3.89. The van der Waals surface area contributed by atoms with Crippen molar-refractivity contribution in [3.8, 4) is 0 Å². The second kappa shape index (κ2) is 7.29. The summed E-state index contributed by atoms with van der Waals surface area (Å²) < 4.78 is 32.7. The van der Waals surface area contributed by atoms with Crippen LogP contribution in [0.5, 0.6) is 0 Å². The van der Waals surface area contributed by atoms with Gasteiger partial charge in [-0.05, 0) is 13.0 Å². The fourth-order valence-corrected chi connectivity index (χ4v) is 2.38. The Morgan fingerprint density at radius 3 is 2.58 bits per heavy atom. The smallest absolute Gasteiger partial charge is 0.409 e. The van der Waals surface area contributed by atoms with Crippen LogP contribution in [0.25, 0.3) is 0 Å². The number of hydrogen-bond donors (Lipinski definition) is 2. The Balaban J connectivity index is 2.22. The van der Waals surface area contributed by atoms with Gasteiger partial charge in [-0.25, -0.2) is 9.18 Å². The minimum atomic E-state index is -1.45. The number of nitrogens with one attached hydrogen (secondary N) is 1. The second-order valence-corrected chi connectivity index (χ2v) is 5.46. The summed E-state index contributed by atoms with van der Waals surface area (Å²) in [4.78, 5) is 34.3. The molecule has 1 aromatic rings. The molecule has 10 nitrogen and oxygen atoms in total. The molecule has 1 aliphatic heterocycles. The van der Waals surface area contributed by atoms with E-state index in [0.29, 0.717) is 6.07 Å². The van der Waals surface area contributed by atoms with Crippen molar-refractivity contribution >= 4 is 23.5 Å². The molecule has 0 radical (unpaired) electrons. The standard InChI is InChI=1S/C14H14F2N4O6/c1-6-9(15)3-8(10(16)11(6)20(24)25)12(18-23)17-13(21)7-4-19(5-7)14(22)26-2/h3,7,23H,4-5H2,1-2H3,(H,17,18,21). The van der Waals surface area contributed by atoms with Gasteiger partial charge in [-0.15, -0.1) is 0 Å². The highest BCUT2D eigenvalue weighted by molar-refractivity contribution is 6.09. The molecule has 0 aliphatic carbocycles. The number of amides is 2. The van der Waals surface area contributed by atoms with E-state index in [-0.39, 0.29) is 13.1 Å². The van der Waals surface area contributed by atoms with Gasteiger partial charge in [0.2, 0.25) is 11.7 Å². The molecule has 0 spiro atoms. The van der Waals surface area contributed by atoms with Gasteiger partial charge in [0.15, 0.2) is 5.84 Å². The van der Waals surface area contributed by atoms with E-state index >= 15 is 0 Å². The molecule has 1 heterocycles. The lowest BCUT2D eigenvalue weighted by atomic mass is 9.99. The average molecular weight is 372 g/mol. The van der Waals surface area contributed by atoms with E-state index in [1.54, 1.807) is 0 Å². The second-order valence-electron chi connectivity index (χ2n) is 5.46. The van der Waals surface area contributed by atoms with Crippen LogP contribution >= 0.6 is 0 Å². The van der Waals surface area contributed by atoms with E-state index in [0.717, 1.165) is 6.92 Å². The highest BCUT2D eigenvalue weighted by Gasteiger charge is 2.37. The number of hydrogen-bond acceptors (Lipinski definition) is 7. The predicted molar refractivity (Wildman–Crippen MR) is 81.7 cm³/mol. The maximum absolute atomic E-state index is 14.3. The Bertz CT molecular complexity index is 807. The van der Waals surface area contributed by atoms with E-state index < -0.39 is 57.1 Å². The zero-order chi connectivity index (χ0) is 19.6. The monoisotopic (exact) mass is 372 g/mol. The molecule has 1 aliphatic rings. The maximum Gasteiger partial charge on any atom is 0.409 e. The van der Waals surface area contributed by atoms with E-state index in [1.165, 1.54) is 12.0 Å². The molecule has 2 N–H and O–H groups in total. The van der Waals surface area contributed by atoms with Crippen LogP contribution in [0.1, 0.15) is 11.1 Å². The number of amidine groups is 1. The van der Waals surface area contributed by atoms with Crippen molar-refractivity contribution in [3.05, 3.63) is 38.9 Å². The fourth-order valence-electron chi connectivity index (χ4n) is 2.38. The number of nitrogens with zero attached hydrogens (tertiary/aromatic N) is 3. The number of benzene rings is 1. The molecule has 1 saturated heterocycles. The molecule has 2 rings (SSSR count). The molecular weight excluding hydrogens is 358 g/mol. The van der Waals surface area contributed by atoms with Crippen molar-refractivity contribution in [2.75, 3.05) is 20.2 Å². The summed E-state index contributed by atoms with van der Waals surface area (Å²) in [7, 11) is 1.17. The van der Waals surface area contributed by atoms with Crippen molar-refractivity contribution < 1.29 is 33.2 Å². The third kappa shape index (κ3) is 3.38. The molecule has 0 unspecified atom stereocenters. The summed E-state index contributed by atoms with van der Waals surface area (Å²) in [6.07, 6.45) is -0.632. The van der Waals surface area contributed by atoms with E-state index in [2.05, 4.69) is 15.2 Å². The number of nitro groups is 1. The molecule has 140 valence electrons. The SMILES string of the molecule is COC(=O)N1CC(C(=O)N/C(=N\O)c2cc(F)c(C)c([N+](=O)[O-])c2F)C1. The molecule has 2 amide bonds. The summed E-state index contributed by atoms with van der Waals surface area (Å²) in [5.41, 5.74) is -2.44. The van der Waals surface area contributed by atoms with Gasteiger partial charge in [-0.1, -0.05) is 5.16 Å². The Hall–Kier alpha value is -3.31. The van der Waals surface area contributed by atoms with Gasteiger partial charge in [0.05, 0.1) is 29.1 Å². The van der Waals surface area contributed by atoms with Crippen LogP contribution < -0.4 is 5.32 Å². The molecule has 0 bridgehead atoms. The first-order valence-corrected chi connectivity index (χ1v) is 7.20. The Morgan fingerprint density at radius 2 is 2.08 bits per heavy atom. The first kappa shape index (κ1) is 19.0. The zero-order valence-corrected chi connectivity index (χ0v) is 13.7. The summed E-state index contributed by atoms with van der Waals surface area (Å²) in [5, 5.41) is 24.7. The fraction of sp³-hybridized carbons (Fsp3) is 0.357. The highest BCUT2D eigenvalue weighted by atomic mass is 19.1. The Morgan fingerprint density at radius 1 is 1.46 bits per heavy atom. The summed E-state index contributed by atoms with van der Waals surface area (Å²) in [6.45, 7) is 1.05. The van der Waals surface area contributed by atoms with Crippen LogP contribution in [0.2, 0.25) is 0 Å². The lowest BCUT2D eigenvalue weighted by Gasteiger charge is -2.36. The Kier molecular flexibility index (Phi) is 5.33. The molecule has 12 heteroatoms. The van der Waals surface area contributed by atoms with Gasteiger partial charge in [-0.3, -0.25) is 14.9 Å². The van der Waals surface area contributed by atoms with E-state index in [9.17, 15) is 28.5 Å². The average Bonchev–Trinajstić information content (AvgIpc) is 2.54. The van der Waals surface area contributed by atoms with Gasteiger partial charge in [0.1, 0.15) is 5.82 Å².